The Labute approximate surface area is 99.1 Å². The van der Waals surface area contributed by atoms with Crippen LogP contribution in [-0.4, -0.2) is 24.5 Å². The van der Waals surface area contributed by atoms with Gasteiger partial charge in [-0.2, -0.15) is 0 Å². The molecule has 0 saturated carbocycles. The SMILES string of the molecule is CCNC1=C(Nc2cccc(C=O)c2O)OC1. The Balaban J connectivity index is 2.20. The highest BCUT2D eigenvalue weighted by atomic mass is 16.5. The number of phenols is 1. The number of ether oxygens (including phenoxy) is 1. The van der Waals surface area contributed by atoms with Gasteiger partial charge in [0.25, 0.3) is 0 Å². The second-order valence-corrected chi connectivity index (χ2v) is 3.61. The summed E-state index contributed by atoms with van der Waals surface area (Å²) in [6.07, 6.45) is 0.613. The molecular formula is C12H14N2O3. The zero-order chi connectivity index (χ0) is 12.3. The van der Waals surface area contributed by atoms with Crippen molar-refractivity contribution in [1.82, 2.24) is 5.32 Å². The minimum atomic E-state index is -0.0682. The lowest BCUT2D eigenvalue weighted by Gasteiger charge is -2.26. The van der Waals surface area contributed by atoms with E-state index in [2.05, 4.69) is 10.6 Å². The van der Waals surface area contributed by atoms with Crippen LogP contribution in [0.1, 0.15) is 17.3 Å². The molecule has 1 aliphatic heterocycles. The molecule has 5 nitrogen and oxygen atoms in total. The summed E-state index contributed by atoms with van der Waals surface area (Å²) in [6, 6.07) is 4.92. The minimum absolute atomic E-state index is 0.0682. The molecule has 1 aromatic rings. The lowest BCUT2D eigenvalue weighted by atomic mass is 10.2. The van der Waals surface area contributed by atoms with E-state index in [4.69, 9.17) is 4.74 Å². The van der Waals surface area contributed by atoms with Gasteiger partial charge in [0.15, 0.2) is 6.29 Å². The number of rotatable bonds is 5. The number of hydrogen-bond donors (Lipinski definition) is 3. The van der Waals surface area contributed by atoms with Crippen LogP contribution in [0.15, 0.2) is 29.8 Å². The molecule has 1 aromatic carbocycles. The van der Waals surface area contributed by atoms with Gasteiger partial charge in [-0.3, -0.25) is 4.79 Å². The average molecular weight is 234 g/mol. The topological polar surface area (TPSA) is 70.6 Å². The quantitative estimate of drug-likeness (QED) is 0.531. The van der Waals surface area contributed by atoms with Crippen molar-refractivity contribution in [2.24, 2.45) is 0 Å². The lowest BCUT2D eigenvalue weighted by Crippen LogP contribution is -2.30. The molecule has 0 aliphatic carbocycles. The largest absolute Gasteiger partial charge is 0.505 e. The molecule has 0 radical (unpaired) electrons. The van der Waals surface area contributed by atoms with Crippen LogP contribution in [0.4, 0.5) is 5.69 Å². The summed E-state index contributed by atoms with van der Waals surface area (Å²) < 4.78 is 5.23. The molecule has 1 aliphatic rings. The Hall–Kier alpha value is -2.17. The first-order valence-electron chi connectivity index (χ1n) is 5.40. The summed E-state index contributed by atoms with van der Waals surface area (Å²) in [5, 5.41) is 15.9. The van der Waals surface area contributed by atoms with Gasteiger partial charge in [0.2, 0.25) is 5.88 Å². The Morgan fingerprint density at radius 2 is 2.35 bits per heavy atom. The molecule has 0 bridgehead atoms. The first-order chi connectivity index (χ1) is 8.26. The van der Waals surface area contributed by atoms with Crippen molar-refractivity contribution in [3.63, 3.8) is 0 Å². The molecule has 0 spiro atoms. The predicted molar refractivity (Wildman–Crippen MR) is 63.8 cm³/mol. The van der Waals surface area contributed by atoms with E-state index in [9.17, 15) is 9.90 Å². The molecule has 0 amide bonds. The van der Waals surface area contributed by atoms with Crippen LogP contribution in [0.5, 0.6) is 5.75 Å². The molecule has 0 unspecified atom stereocenters. The van der Waals surface area contributed by atoms with Crippen molar-refractivity contribution >= 4 is 12.0 Å². The molecule has 5 heteroatoms. The highest BCUT2D eigenvalue weighted by molar-refractivity contribution is 5.83. The summed E-state index contributed by atoms with van der Waals surface area (Å²) >= 11 is 0. The van der Waals surface area contributed by atoms with Crippen molar-refractivity contribution in [1.29, 1.82) is 0 Å². The molecule has 3 N–H and O–H groups in total. The number of anilines is 1. The number of nitrogens with one attached hydrogen (secondary N) is 2. The number of carbonyl (C=O) groups is 1. The third-order valence-corrected chi connectivity index (χ3v) is 2.47. The molecule has 0 saturated heterocycles. The maximum Gasteiger partial charge on any atom is 0.215 e. The third-order valence-electron chi connectivity index (χ3n) is 2.47. The zero-order valence-electron chi connectivity index (χ0n) is 9.49. The maximum atomic E-state index is 10.7. The standard InChI is InChI=1S/C12H14N2O3/c1-2-13-10-7-17-12(10)14-9-5-3-4-8(6-15)11(9)16/h3-6,13-14,16H,2,7H2,1H3. The summed E-state index contributed by atoms with van der Waals surface area (Å²) in [4.78, 5) is 10.7. The van der Waals surface area contributed by atoms with E-state index in [1.807, 2.05) is 6.92 Å². The number of benzene rings is 1. The van der Waals surface area contributed by atoms with Crippen molar-refractivity contribution in [3.05, 3.63) is 35.3 Å². The van der Waals surface area contributed by atoms with Crippen molar-refractivity contribution in [2.45, 2.75) is 6.92 Å². The molecule has 1 heterocycles. The summed E-state index contributed by atoms with van der Waals surface area (Å²) in [5.74, 6) is 0.520. The first-order valence-corrected chi connectivity index (χ1v) is 5.40. The number of carbonyl (C=O) groups excluding carboxylic acids is 1. The normalized spacial score (nSPS) is 13.7. The van der Waals surface area contributed by atoms with Crippen molar-refractivity contribution < 1.29 is 14.6 Å². The van der Waals surface area contributed by atoms with Gasteiger partial charge in [0.1, 0.15) is 18.1 Å². The first kappa shape index (κ1) is 11.3. The van der Waals surface area contributed by atoms with Crippen LogP contribution in [0.2, 0.25) is 0 Å². The smallest absolute Gasteiger partial charge is 0.215 e. The molecular weight excluding hydrogens is 220 g/mol. The minimum Gasteiger partial charge on any atom is -0.505 e. The van der Waals surface area contributed by atoms with Crippen LogP contribution in [-0.2, 0) is 4.74 Å². The van der Waals surface area contributed by atoms with Gasteiger partial charge in [-0.1, -0.05) is 6.07 Å². The van der Waals surface area contributed by atoms with E-state index < -0.39 is 0 Å². The summed E-state index contributed by atoms with van der Waals surface area (Å²) in [7, 11) is 0. The van der Waals surface area contributed by atoms with Crippen LogP contribution in [0.25, 0.3) is 0 Å². The Kier molecular flexibility index (Phi) is 3.18. The van der Waals surface area contributed by atoms with Crippen LogP contribution in [0.3, 0.4) is 0 Å². The maximum absolute atomic E-state index is 10.7. The van der Waals surface area contributed by atoms with Gasteiger partial charge in [-0.25, -0.2) is 0 Å². The molecule has 0 aromatic heterocycles. The van der Waals surface area contributed by atoms with Crippen molar-refractivity contribution in [2.75, 3.05) is 18.5 Å². The van der Waals surface area contributed by atoms with Crippen LogP contribution in [0, 0.1) is 0 Å². The number of hydrogen-bond acceptors (Lipinski definition) is 5. The van der Waals surface area contributed by atoms with E-state index in [-0.39, 0.29) is 11.3 Å². The summed E-state index contributed by atoms with van der Waals surface area (Å²) in [5.41, 5.74) is 1.67. The van der Waals surface area contributed by atoms with E-state index >= 15 is 0 Å². The fourth-order valence-corrected chi connectivity index (χ4v) is 1.55. The molecule has 2 rings (SSSR count). The highest BCUT2D eigenvalue weighted by Gasteiger charge is 2.20. The molecule has 17 heavy (non-hydrogen) atoms. The molecule has 0 fully saturated rings. The van der Waals surface area contributed by atoms with Gasteiger partial charge in [0.05, 0.1) is 11.3 Å². The fraction of sp³-hybridized carbons (Fsp3) is 0.250. The number of aldehydes is 1. The summed E-state index contributed by atoms with van der Waals surface area (Å²) in [6.45, 7) is 3.34. The second-order valence-electron chi connectivity index (χ2n) is 3.61. The number of likely N-dealkylation sites (N-methyl/N-ethyl adjacent to an activating group) is 1. The molecule has 0 atom stereocenters. The lowest BCUT2D eigenvalue weighted by molar-refractivity contribution is 0.112. The monoisotopic (exact) mass is 234 g/mol. The van der Waals surface area contributed by atoms with Crippen molar-refractivity contribution in [3.8, 4) is 5.75 Å². The Morgan fingerprint density at radius 3 is 2.94 bits per heavy atom. The van der Waals surface area contributed by atoms with E-state index in [1.54, 1.807) is 18.2 Å². The Morgan fingerprint density at radius 1 is 1.53 bits per heavy atom. The van der Waals surface area contributed by atoms with E-state index in [0.29, 0.717) is 24.5 Å². The number of para-hydroxylation sites is 1. The predicted octanol–water partition coefficient (Wildman–Crippen LogP) is 1.43. The molecule has 90 valence electrons. The van der Waals surface area contributed by atoms with Gasteiger partial charge in [-0.15, -0.1) is 0 Å². The van der Waals surface area contributed by atoms with E-state index in [0.717, 1.165) is 12.2 Å². The Bertz CT molecular complexity index is 469. The average Bonchev–Trinajstić information content (AvgIpc) is 2.33. The van der Waals surface area contributed by atoms with Gasteiger partial charge < -0.3 is 20.5 Å². The van der Waals surface area contributed by atoms with Crippen LogP contribution >= 0.6 is 0 Å². The zero-order valence-corrected chi connectivity index (χ0v) is 9.49. The number of phenolic OH excluding ortho intramolecular Hbond substituents is 1. The highest BCUT2D eigenvalue weighted by Crippen LogP contribution is 2.29. The van der Waals surface area contributed by atoms with Gasteiger partial charge in [-0.05, 0) is 19.1 Å². The number of aromatic hydroxyl groups is 1. The van der Waals surface area contributed by atoms with E-state index in [1.165, 1.54) is 0 Å². The van der Waals surface area contributed by atoms with Gasteiger partial charge in [0, 0.05) is 6.54 Å². The van der Waals surface area contributed by atoms with Crippen LogP contribution < -0.4 is 10.6 Å². The van der Waals surface area contributed by atoms with Gasteiger partial charge >= 0.3 is 0 Å². The second kappa shape index (κ2) is 4.78. The third kappa shape index (κ3) is 2.18. The fourth-order valence-electron chi connectivity index (χ4n) is 1.55.